The lowest BCUT2D eigenvalue weighted by Gasteiger charge is -2.34. The molecule has 0 spiro atoms. The minimum atomic E-state index is -0.383. The number of para-hydroxylation sites is 1. The number of hydrogen-bond acceptors (Lipinski definition) is 6. The second-order valence-corrected chi connectivity index (χ2v) is 7.10. The van der Waals surface area contributed by atoms with Gasteiger partial charge in [0.05, 0.1) is 11.1 Å². The van der Waals surface area contributed by atoms with Crippen LogP contribution in [-0.2, 0) is 7.05 Å². The van der Waals surface area contributed by atoms with Crippen LogP contribution in [0.5, 0.6) is 0 Å². The monoisotopic (exact) mass is 356 g/mol. The Morgan fingerprint density at radius 3 is 2.92 bits per heavy atom. The van der Waals surface area contributed by atoms with Crippen molar-refractivity contribution in [3.05, 3.63) is 46.1 Å². The Kier molecular flexibility index (Phi) is 3.64. The number of carbonyl (C=O) groups is 1. The van der Waals surface area contributed by atoms with E-state index in [9.17, 15) is 9.59 Å². The van der Waals surface area contributed by atoms with E-state index in [-0.39, 0.29) is 28.7 Å². The van der Waals surface area contributed by atoms with Crippen LogP contribution in [0.25, 0.3) is 10.9 Å². The van der Waals surface area contributed by atoms with Gasteiger partial charge in [0.25, 0.3) is 11.5 Å². The molecule has 8 heteroatoms. The quantitative estimate of drug-likeness (QED) is 0.666. The average Bonchev–Trinajstić information content (AvgIpc) is 2.99. The number of fused-ring (bicyclic) bond motifs is 2. The second kappa shape index (κ2) is 5.73. The van der Waals surface area contributed by atoms with Gasteiger partial charge in [-0.05, 0) is 26.0 Å². The summed E-state index contributed by atoms with van der Waals surface area (Å²) in [6.45, 7) is 3.68. The van der Waals surface area contributed by atoms with Crippen LogP contribution < -0.4 is 10.5 Å². The number of anilines is 1. The summed E-state index contributed by atoms with van der Waals surface area (Å²) in [6.07, 6.45) is 0. The lowest BCUT2D eigenvalue weighted by atomic mass is 10.1. The zero-order valence-electron chi connectivity index (χ0n) is 14.0. The number of nitrogens with zero attached hydrogens (tertiary/aromatic N) is 4. The normalized spacial score (nSPS) is 16.9. The molecule has 0 unspecified atom stereocenters. The van der Waals surface area contributed by atoms with Gasteiger partial charge >= 0.3 is 0 Å². The van der Waals surface area contributed by atoms with Crippen molar-refractivity contribution in [1.29, 1.82) is 0 Å². The van der Waals surface area contributed by atoms with E-state index in [2.05, 4.69) is 10.3 Å². The first-order valence-corrected chi connectivity index (χ1v) is 8.86. The minimum Gasteiger partial charge on any atom is -0.360 e. The van der Waals surface area contributed by atoms with Crippen LogP contribution in [0, 0.1) is 6.92 Å². The fourth-order valence-electron chi connectivity index (χ4n) is 3.07. The third-order valence-electron chi connectivity index (χ3n) is 4.31. The minimum absolute atomic E-state index is 0.00153. The predicted octanol–water partition coefficient (Wildman–Crippen LogP) is 2.37. The zero-order chi connectivity index (χ0) is 17.7. The predicted molar refractivity (Wildman–Crippen MR) is 95.2 cm³/mol. The van der Waals surface area contributed by atoms with E-state index in [1.807, 2.05) is 31.2 Å². The van der Waals surface area contributed by atoms with Crippen LogP contribution in [0.4, 0.5) is 5.69 Å². The van der Waals surface area contributed by atoms with Gasteiger partial charge in [0.1, 0.15) is 5.76 Å². The molecule has 0 saturated heterocycles. The van der Waals surface area contributed by atoms with Gasteiger partial charge in [0.2, 0.25) is 0 Å². The van der Waals surface area contributed by atoms with E-state index < -0.39 is 0 Å². The summed E-state index contributed by atoms with van der Waals surface area (Å²) < 4.78 is 6.28. The summed E-state index contributed by atoms with van der Waals surface area (Å²) in [7, 11) is 1.51. The van der Waals surface area contributed by atoms with Crippen molar-refractivity contribution < 1.29 is 9.32 Å². The van der Waals surface area contributed by atoms with Gasteiger partial charge in [-0.1, -0.05) is 17.3 Å². The van der Waals surface area contributed by atoms with Crippen LogP contribution >= 0.6 is 11.8 Å². The molecule has 3 heterocycles. The number of aromatic nitrogens is 3. The van der Waals surface area contributed by atoms with E-state index in [0.717, 1.165) is 21.0 Å². The Morgan fingerprint density at radius 2 is 2.12 bits per heavy atom. The third kappa shape index (κ3) is 2.36. The Balaban J connectivity index is 1.93. The fraction of sp³-hybridized carbons (Fsp3) is 0.294. The highest BCUT2D eigenvalue weighted by Crippen LogP contribution is 2.38. The molecule has 7 nitrogen and oxygen atoms in total. The van der Waals surface area contributed by atoms with Crippen molar-refractivity contribution in [2.45, 2.75) is 24.8 Å². The molecular formula is C17H16N4O3S. The highest BCUT2D eigenvalue weighted by atomic mass is 32.2. The highest BCUT2D eigenvalue weighted by Gasteiger charge is 2.32. The third-order valence-corrected chi connectivity index (χ3v) is 5.62. The number of thioether (sulfide) groups is 1. The van der Waals surface area contributed by atoms with Crippen molar-refractivity contribution in [3.8, 4) is 0 Å². The molecule has 0 radical (unpaired) electrons. The maximum absolute atomic E-state index is 13.4. The van der Waals surface area contributed by atoms with Gasteiger partial charge in [-0.2, -0.15) is 5.10 Å². The van der Waals surface area contributed by atoms with Crippen molar-refractivity contribution in [1.82, 2.24) is 14.9 Å². The Labute approximate surface area is 147 Å². The molecule has 1 aromatic carbocycles. The molecule has 1 atom stereocenters. The van der Waals surface area contributed by atoms with E-state index in [1.54, 1.807) is 23.6 Å². The SMILES string of the molecule is Cc1onc2c(=O)n(C)nc(C(=O)N3c4ccccc4SC[C@H]3C)c12. The maximum atomic E-state index is 13.4. The maximum Gasteiger partial charge on any atom is 0.296 e. The van der Waals surface area contributed by atoms with Gasteiger partial charge < -0.3 is 9.42 Å². The fourth-order valence-corrected chi connectivity index (χ4v) is 4.13. The van der Waals surface area contributed by atoms with Crippen LogP contribution in [0.15, 0.2) is 38.5 Å². The molecule has 0 N–H and O–H groups in total. The molecule has 1 aliphatic rings. The standard InChI is InChI=1S/C17H16N4O3S/c1-9-8-25-12-7-5-4-6-11(12)21(9)17(23)14-13-10(2)24-19-15(13)16(22)20(3)18-14/h4-7,9H,8H2,1-3H3/t9-/m1/s1. The van der Waals surface area contributed by atoms with E-state index >= 15 is 0 Å². The molecule has 0 saturated carbocycles. The summed E-state index contributed by atoms with van der Waals surface area (Å²) in [5.74, 6) is 0.948. The summed E-state index contributed by atoms with van der Waals surface area (Å²) in [5.41, 5.74) is 0.787. The Bertz CT molecular complexity index is 1060. The topological polar surface area (TPSA) is 81.2 Å². The van der Waals surface area contributed by atoms with Gasteiger partial charge in [0, 0.05) is 23.7 Å². The van der Waals surface area contributed by atoms with Crippen molar-refractivity contribution >= 4 is 34.3 Å². The summed E-state index contributed by atoms with van der Waals surface area (Å²) in [6, 6.07) is 7.79. The van der Waals surface area contributed by atoms with Crippen LogP contribution in [0.2, 0.25) is 0 Å². The molecular weight excluding hydrogens is 340 g/mol. The molecule has 1 amide bonds. The van der Waals surface area contributed by atoms with Crippen molar-refractivity contribution in [3.63, 3.8) is 0 Å². The molecule has 0 fully saturated rings. The number of hydrogen-bond donors (Lipinski definition) is 0. The first kappa shape index (κ1) is 15.9. The average molecular weight is 356 g/mol. The lowest BCUT2D eigenvalue weighted by molar-refractivity contribution is 0.0974. The zero-order valence-corrected chi connectivity index (χ0v) is 14.8. The number of carbonyl (C=O) groups excluding carboxylic acids is 1. The summed E-state index contributed by atoms with van der Waals surface area (Å²) >= 11 is 1.73. The molecule has 25 heavy (non-hydrogen) atoms. The number of rotatable bonds is 1. The molecule has 4 rings (SSSR count). The van der Waals surface area contributed by atoms with Crippen LogP contribution in [-0.4, -0.2) is 32.6 Å². The van der Waals surface area contributed by atoms with E-state index in [1.165, 1.54) is 7.05 Å². The highest BCUT2D eigenvalue weighted by molar-refractivity contribution is 7.99. The lowest BCUT2D eigenvalue weighted by Crippen LogP contribution is -2.43. The van der Waals surface area contributed by atoms with Gasteiger partial charge in [-0.25, -0.2) is 4.68 Å². The van der Waals surface area contributed by atoms with Gasteiger partial charge in [0.15, 0.2) is 11.2 Å². The largest absolute Gasteiger partial charge is 0.360 e. The van der Waals surface area contributed by atoms with Crippen molar-refractivity contribution in [2.75, 3.05) is 10.7 Å². The molecule has 0 aliphatic carbocycles. The molecule has 1 aliphatic heterocycles. The first-order valence-electron chi connectivity index (χ1n) is 7.87. The molecule has 3 aromatic rings. The number of benzene rings is 1. The van der Waals surface area contributed by atoms with Crippen molar-refractivity contribution in [2.24, 2.45) is 7.05 Å². The van der Waals surface area contributed by atoms with Gasteiger partial charge in [-0.3, -0.25) is 9.59 Å². The summed E-state index contributed by atoms with van der Waals surface area (Å²) in [4.78, 5) is 28.4. The van der Waals surface area contributed by atoms with E-state index in [0.29, 0.717) is 11.1 Å². The van der Waals surface area contributed by atoms with E-state index in [4.69, 9.17) is 4.52 Å². The number of amides is 1. The molecule has 2 aromatic heterocycles. The molecule has 128 valence electrons. The van der Waals surface area contributed by atoms with Gasteiger partial charge in [-0.15, -0.1) is 11.8 Å². The Morgan fingerprint density at radius 1 is 1.36 bits per heavy atom. The second-order valence-electron chi connectivity index (χ2n) is 6.04. The van der Waals surface area contributed by atoms with Crippen LogP contribution in [0.1, 0.15) is 23.2 Å². The Hall–Kier alpha value is -2.61. The first-order chi connectivity index (χ1) is 12.0. The smallest absolute Gasteiger partial charge is 0.296 e. The molecule has 0 bridgehead atoms. The number of aryl methyl sites for hydroxylation is 2. The summed E-state index contributed by atoms with van der Waals surface area (Å²) in [5, 5.41) is 8.41. The van der Waals surface area contributed by atoms with Crippen LogP contribution in [0.3, 0.4) is 0 Å².